The van der Waals surface area contributed by atoms with Crippen LogP contribution < -0.4 is 11.1 Å². The lowest BCUT2D eigenvalue weighted by Crippen LogP contribution is -2.39. The number of hydrogen-bond donors (Lipinski definition) is 2. The third-order valence-corrected chi connectivity index (χ3v) is 3.44. The summed E-state index contributed by atoms with van der Waals surface area (Å²) in [6.07, 6.45) is 2.59. The van der Waals surface area contributed by atoms with Crippen LogP contribution in [0.3, 0.4) is 0 Å². The molecule has 1 aliphatic carbocycles. The summed E-state index contributed by atoms with van der Waals surface area (Å²) < 4.78 is 0. The minimum Gasteiger partial charge on any atom is -0.326 e. The summed E-state index contributed by atoms with van der Waals surface area (Å²) in [4.78, 5) is 0. The van der Waals surface area contributed by atoms with Crippen molar-refractivity contribution in [2.24, 2.45) is 23.5 Å². The molecule has 2 heteroatoms. The first kappa shape index (κ1) is 11.0. The van der Waals surface area contributed by atoms with Gasteiger partial charge >= 0.3 is 0 Å². The van der Waals surface area contributed by atoms with E-state index in [9.17, 15) is 0 Å². The average Bonchev–Trinajstić information content (AvgIpc) is 2.80. The van der Waals surface area contributed by atoms with Crippen LogP contribution in [0.5, 0.6) is 0 Å². The average molecular weight is 184 g/mol. The Hall–Kier alpha value is -0.0800. The molecule has 0 amide bonds. The van der Waals surface area contributed by atoms with Gasteiger partial charge < -0.3 is 11.1 Å². The lowest BCUT2D eigenvalue weighted by Gasteiger charge is -2.18. The summed E-state index contributed by atoms with van der Waals surface area (Å²) in [6.45, 7) is 8.91. The summed E-state index contributed by atoms with van der Waals surface area (Å²) in [5.41, 5.74) is 6.01. The van der Waals surface area contributed by atoms with Crippen LogP contribution in [-0.4, -0.2) is 19.1 Å². The maximum atomic E-state index is 6.01. The molecule has 0 aliphatic heterocycles. The van der Waals surface area contributed by atoms with Crippen LogP contribution >= 0.6 is 0 Å². The van der Waals surface area contributed by atoms with E-state index in [4.69, 9.17) is 5.73 Å². The standard InChI is InChI=1S/C11H24N2/c1-4-8(2)11(12)7-13-6-10-5-9(10)3/h8-11,13H,4-7,12H2,1-3H3. The summed E-state index contributed by atoms with van der Waals surface area (Å²) >= 11 is 0. The molecular weight excluding hydrogens is 160 g/mol. The topological polar surface area (TPSA) is 38.0 Å². The molecule has 0 aromatic carbocycles. The van der Waals surface area contributed by atoms with Gasteiger partial charge in [0.25, 0.3) is 0 Å². The van der Waals surface area contributed by atoms with Crippen molar-refractivity contribution in [1.29, 1.82) is 0 Å². The van der Waals surface area contributed by atoms with Gasteiger partial charge in [-0.25, -0.2) is 0 Å². The van der Waals surface area contributed by atoms with E-state index >= 15 is 0 Å². The van der Waals surface area contributed by atoms with Gasteiger partial charge in [0, 0.05) is 12.6 Å². The fourth-order valence-electron chi connectivity index (χ4n) is 1.62. The second kappa shape index (κ2) is 4.97. The van der Waals surface area contributed by atoms with Gasteiger partial charge in [0.1, 0.15) is 0 Å². The zero-order valence-corrected chi connectivity index (χ0v) is 9.22. The first-order chi connectivity index (χ1) is 6.15. The molecule has 4 atom stereocenters. The van der Waals surface area contributed by atoms with Crippen molar-refractivity contribution in [2.45, 2.75) is 39.7 Å². The normalized spacial score (nSPS) is 31.4. The van der Waals surface area contributed by atoms with Gasteiger partial charge in [0.15, 0.2) is 0 Å². The lowest BCUT2D eigenvalue weighted by atomic mass is 10.0. The van der Waals surface area contributed by atoms with Gasteiger partial charge in [0.05, 0.1) is 0 Å². The molecule has 78 valence electrons. The molecule has 1 saturated carbocycles. The Morgan fingerprint density at radius 1 is 1.54 bits per heavy atom. The zero-order valence-electron chi connectivity index (χ0n) is 9.22. The van der Waals surface area contributed by atoms with Crippen LogP contribution in [0.15, 0.2) is 0 Å². The molecule has 4 unspecified atom stereocenters. The van der Waals surface area contributed by atoms with Crippen LogP contribution in [0.4, 0.5) is 0 Å². The predicted molar refractivity (Wildman–Crippen MR) is 57.6 cm³/mol. The quantitative estimate of drug-likeness (QED) is 0.658. The van der Waals surface area contributed by atoms with E-state index in [1.165, 1.54) is 19.4 Å². The molecule has 0 radical (unpaired) electrons. The summed E-state index contributed by atoms with van der Waals surface area (Å²) in [5.74, 6) is 2.53. The van der Waals surface area contributed by atoms with Crippen LogP contribution in [0.25, 0.3) is 0 Å². The number of hydrogen-bond acceptors (Lipinski definition) is 2. The Bertz CT molecular complexity index is 147. The third kappa shape index (κ3) is 3.65. The number of nitrogens with two attached hydrogens (primary N) is 1. The SMILES string of the molecule is CCC(C)C(N)CNCC1CC1C. The summed E-state index contributed by atoms with van der Waals surface area (Å²) in [7, 11) is 0. The van der Waals surface area contributed by atoms with Crippen molar-refractivity contribution >= 4 is 0 Å². The van der Waals surface area contributed by atoms with E-state index in [1.807, 2.05) is 0 Å². The smallest absolute Gasteiger partial charge is 0.0191 e. The van der Waals surface area contributed by atoms with Crippen molar-refractivity contribution in [3.05, 3.63) is 0 Å². The van der Waals surface area contributed by atoms with E-state index in [0.717, 1.165) is 18.4 Å². The molecule has 1 rings (SSSR count). The summed E-state index contributed by atoms with van der Waals surface area (Å²) in [5, 5.41) is 3.47. The highest BCUT2D eigenvalue weighted by Gasteiger charge is 2.31. The van der Waals surface area contributed by atoms with Gasteiger partial charge in [-0.05, 0) is 30.7 Å². The second-order valence-electron chi connectivity index (χ2n) is 4.68. The second-order valence-corrected chi connectivity index (χ2v) is 4.68. The summed E-state index contributed by atoms with van der Waals surface area (Å²) in [6, 6.07) is 0.332. The Morgan fingerprint density at radius 2 is 2.15 bits per heavy atom. The van der Waals surface area contributed by atoms with Crippen molar-refractivity contribution in [3.8, 4) is 0 Å². The molecule has 0 spiro atoms. The van der Waals surface area contributed by atoms with Gasteiger partial charge in [-0.15, -0.1) is 0 Å². The molecule has 0 saturated heterocycles. The van der Waals surface area contributed by atoms with Crippen LogP contribution in [0.2, 0.25) is 0 Å². The highest BCUT2D eigenvalue weighted by atomic mass is 14.9. The predicted octanol–water partition coefficient (Wildman–Crippen LogP) is 1.61. The fraction of sp³-hybridized carbons (Fsp3) is 1.00. The zero-order chi connectivity index (χ0) is 9.84. The maximum absolute atomic E-state index is 6.01. The van der Waals surface area contributed by atoms with Gasteiger partial charge in [0.2, 0.25) is 0 Å². The van der Waals surface area contributed by atoms with E-state index in [1.54, 1.807) is 0 Å². The molecule has 3 N–H and O–H groups in total. The fourth-order valence-corrected chi connectivity index (χ4v) is 1.62. The Balaban J connectivity index is 1.98. The van der Waals surface area contributed by atoms with E-state index in [0.29, 0.717) is 12.0 Å². The molecule has 1 fully saturated rings. The van der Waals surface area contributed by atoms with Gasteiger partial charge in [-0.3, -0.25) is 0 Å². The Kier molecular flexibility index (Phi) is 4.20. The third-order valence-electron chi connectivity index (χ3n) is 3.44. The number of rotatable bonds is 6. The Morgan fingerprint density at radius 3 is 2.62 bits per heavy atom. The van der Waals surface area contributed by atoms with Crippen molar-refractivity contribution in [2.75, 3.05) is 13.1 Å². The molecular formula is C11H24N2. The monoisotopic (exact) mass is 184 g/mol. The van der Waals surface area contributed by atoms with E-state index < -0.39 is 0 Å². The first-order valence-electron chi connectivity index (χ1n) is 5.61. The molecule has 2 nitrogen and oxygen atoms in total. The minimum atomic E-state index is 0.332. The van der Waals surface area contributed by atoms with Crippen molar-refractivity contribution in [1.82, 2.24) is 5.32 Å². The maximum Gasteiger partial charge on any atom is 0.0191 e. The van der Waals surface area contributed by atoms with Crippen LogP contribution in [0.1, 0.15) is 33.6 Å². The molecule has 13 heavy (non-hydrogen) atoms. The van der Waals surface area contributed by atoms with Crippen LogP contribution in [0, 0.1) is 17.8 Å². The van der Waals surface area contributed by atoms with Gasteiger partial charge in [-0.1, -0.05) is 27.2 Å². The molecule has 0 aromatic heterocycles. The molecule has 0 aromatic rings. The first-order valence-corrected chi connectivity index (χ1v) is 5.61. The minimum absolute atomic E-state index is 0.332. The van der Waals surface area contributed by atoms with Crippen molar-refractivity contribution < 1.29 is 0 Å². The number of nitrogens with one attached hydrogen (secondary N) is 1. The van der Waals surface area contributed by atoms with E-state index in [2.05, 4.69) is 26.1 Å². The molecule has 0 heterocycles. The van der Waals surface area contributed by atoms with Crippen molar-refractivity contribution in [3.63, 3.8) is 0 Å². The molecule has 1 aliphatic rings. The van der Waals surface area contributed by atoms with Gasteiger partial charge in [-0.2, -0.15) is 0 Å². The highest BCUT2D eigenvalue weighted by molar-refractivity contribution is 4.84. The van der Waals surface area contributed by atoms with Crippen LogP contribution in [-0.2, 0) is 0 Å². The lowest BCUT2D eigenvalue weighted by molar-refractivity contribution is 0.414. The molecule has 0 bridgehead atoms. The van der Waals surface area contributed by atoms with E-state index in [-0.39, 0.29) is 0 Å². The highest BCUT2D eigenvalue weighted by Crippen LogP contribution is 2.36. The Labute approximate surface area is 82.3 Å². The largest absolute Gasteiger partial charge is 0.326 e.